The van der Waals surface area contributed by atoms with Crippen LogP contribution in [0.2, 0.25) is 0 Å². The van der Waals surface area contributed by atoms with Crippen molar-refractivity contribution in [1.82, 2.24) is 10.6 Å². The number of unbranched alkanes of at least 4 members (excludes halogenated alkanes) is 1. The summed E-state index contributed by atoms with van der Waals surface area (Å²) in [6.45, 7) is 4.21. The van der Waals surface area contributed by atoms with E-state index in [1.165, 1.54) is 12.1 Å². The third-order valence-electron chi connectivity index (χ3n) is 4.94. The lowest BCUT2D eigenvalue weighted by Gasteiger charge is -2.28. The average Bonchev–Trinajstić information content (AvgIpc) is 2.73. The van der Waals surface area contributed by atoms with Crippen LogP contribution < -0.4 is 20.7 Å². The Balaban J connectivity index is 1.84. The normalized spacial score (nSPS) is 16.3. The zero-order chi connectivity index (χ0) is 23.3. The Morgan fingerprint density at radius 1 is 1.16 bits per heavy atom. The predicted octanol–water partition coefficient (Wildman–Crippen LogP) is 5.15. The Hall–Kier alpha value is -3.49. The Kier molecular flexibility index (Phi) is 7.07. The molecule has 1 aliphatic heterocycles. The van der Waals surface area contributed by atoms with Crippen molar-refractivity contribution in [2.24, 2.45) is 0 Å². The van der Waals surface area contributed by atoms with Crippen molar-refractivity contribution in [2.45, 2.75) is 38.9 Å². The number of hydrogen-bond acceptors (Lipinski definition) is 3. The monoisotopic (exact) mass is 447 g/mol. The van der Waals surface area contributed by atoms with E-state index in [9.17, 15) is 22.8 Å². The van der Waals surface area contributed by atoms with Crippen molar-refractivity contribution >= 4 is 17.6 Å². The second-order valence-electron chi connectivity index (χ2n) is 7.37. The smallest absolute Gasteiger partial charge is 0.416 e. The molecular weight excluding hydrogens is 423 g/mol. The van der Waals surface area contributed by atoms with Crippen molar-refractivity contribution < 1.29 is 27.5 Å². The second-order valence-corrected chi connectivity index (χ2v) is 7.37. The number of rotatable bonds is 7. The lowest BCUT2D eigenvalue weighted by Crippen LogP contribution is -2.45. The highest BCUT2D eigenvalue weighted by molar-refractivity contribution is 6.06. The molecule has 0 radical (unpaired) electrons. The molecule has 32 heavy (non-hydrogen) atoms. The van der Waals surface area contributed by atoms with E-state index in [2.05, 4.69) is 22.9 Å². The van der Waals surface area contributed by atoms with Crippen LogP contribution in [0, 0.1) is 0 Å². The number of urea groups is 1. The summed E-state index contributed by atoms with van der Waals surface area (Å²) in [4.78, 5) is 25.0. The molecule has 1 unspecified atom stereocenters. The van der Waals surface area contributed by atoms with Crippen LogP contribution in [-0.2, 0) is 11.0 Å². The second kappa shape index (κ2) is 9.76. The summed E-state index contributed by atoms with van der Waals surface area (Å²) in [5, 5.41) is 7.74. The van der Waals surface area contributed by atoms with E-state index in [0.717, 1.165) is 25.0 Å². The molecule has 0 spiro atoms. The zero-order valence-corrected chi connectivity index (χ0v) is 17.7. The SMILES string of the molecule is CCCCOc1ccc(C2NC(=O)NC(C)=C2C(=O)Nc2cccc(C(F)(F)F)c2)cc1. The number of benzene rings is 2. The van der Waals surface area contributed by atoms with Gasteiger partial charge in [0.15, 0.2) is 0 Å². The molecule has 6 nitrogen and oxygen atoms in total. The number of halogens is 3. The van der Waals surface area contributed by atoms with Crippen LogP contribution in [-0.4, -0.2) is 18.5 Å². The maximum Gasteiger partial charge on any atom is 0.416 e. The number of alkyl halides is 3. The Labute approximate surface area is 183 Å². The summed E-state index contributed by atoms with van der Waals surface area (Å²) < 4.78 is 44.6. The van der Waals surface area contributed by atoms with Gasteiger partial charge in [-0.1, -0.05) is 31.5 Å². The first kappa shape index (κ1) is 23.2. The van der Waals surface area contributed by atoms with Gasteiger partial charge in [-0.05, 0) is 49.2 Å². The summed E-state index contributed by atoms with van der Waals surface area (Å²) in [6, 6.07) is 10.1. The first-order valence-electron chi connectivity index (χ1n) is 10.2. The molecule has 1 atom stereocenters. The first-order chi connectivity index (χ1) is 15.2. The predicted molar refractivity (Wildman–Crippen MR) is 114 cm³/mol. The van der Waals surface area contributed by atoms with Crippen molar-refractivity contribution in [2.75, 3.05) is 11.9 Å². The molecule has 3 amide bonds. The summed E-state index contributed by atoms with van der Waals surface area (Å²) in [7, 11) is 0. The molecule has 0 aromatic heterocycles. The summed E-state index contributed by atoms with van der Waals surface area (Å²) in [6.07, 6.45) is -2.60. The highest BCUT2D eigenvalue weighted by Gasteiger charge is 2.33. The molecule has 3 rings (SSSR count). The molecule has 0 bridgehead atoms. The van der Waals surface area contributed by atoms with Gasteiger partial charge in [0, 0.05) is 11.4 Å². The molecule has 0 fully saturated rings. The van der Waals surface area contributed by atoms with Crippen LogP contribution in [0.15, 0.2) is 59.8 Å². The number of anilines is 1. The highest BCUT2D eigenvalue weighted by atomic mass is 19.4. The van der Waals surface area contributed by atoms with Gasteiger partial charge in [0.1, 0.15) is 5.75 Å². The lowest BCUT2D eigenvalue weighted by atomic mass is 9.94. The van der Waals surface area contributed by atoms with Gasteiger partial charge in [-0.3, -0.25) is 4.79 Å². The number of hydrogen-bond donors (Lipinski definition) is 3. The molecule has 0 saturated carbocycles. The standard InChI is InChI=1S/C23H24F3N3O3/c1-3-4-12-32-18-10-8-15(9-11-18)20-19(14(2)27-22(31)29-20)21(30)28-17-7-5-6-16(13-17)23(24,25)26/h5-11,13,20H,3-4,12H2,1-2H3,(H,28,30)(H2,27,29,31). The minimum Gasteiger partial charge on any atom is -0.494 e. The van der Waals surface area contributed by atoms with Gasteiger partial charge in [0.25, 0.3) is 5.91 Å². The number of carbonyl (C=O) groups is 2. The average molecular weight is 447 g/mol. The number of amides is 3. The van der Waals surface area contributed by atoms with E-state index in [0.29, 0.717) is 23.6 Å². The minimum absolute atomic E-state index is 0.000414. The van der Waals surface area contributed by atoms with Gasteiger partial charge in [-0.15, -0.1) is 0 Å². The van der Waals surface area contributed by atoms with Gasteiger partial charge in [-0.25, -0.2) is 4.79 Å². The lowest BCUT2D eigenvalue weighted by molar-refractivity contribution is -0.137. The van der Waals surface area contributed by atoms with Gasteiger partial charge in [0.05, 0.1) is 23.8 Å². The molecule has 2 aromatic carbocycles. The number of carbonyl (C=O) groups excluding carboxylic acids is 2. The van der Waals surface area contributed by atoms with Crippen molar-refractivity contribution in [3.8, 4) is 5.75 Å². The van der Waals surface area contributed by atoms with E-state index in [-0.39, 0.29) is 11.3 Å². The number of nitrogens with one attached hydrogen (secondary N) is 3. The fraction of sp³-hybridized carbons (Fsp3) is 0.304. The Morgan fingerprint density at radius 2 is 1.88 bits per heavy atom. The fourth-order valence-corrected chi connectivity index (χ4v) is 3.31. The van der Waals surface area contributed by atoms with Crippen LogP contribution in [0.25, 0.3) is 0 Å². The molecule has 1 aliphatic rings. The van der Waals surface area contributed by atoms with Gasteiger partial charge in [-0.2, -0.15) is 13.2 Å². The van der Waals surface area contributed by atoms with E-state index >= 15 is 0 Å². The van der Waals surface area contributed by atoms with E-state index in [1.807, 2.05) is 0 Å². The quantitative estimate of drug-likeness (QED) is 0.514. The van der Waals surface area contributed by atoms with E-state index in [1.54, 1.807) is 31.2 Å². The molecule has 3 N–H and O–H groups in total. The molecule has 170 valence electrons. The summed E-state index contributed by atoms with van der Waals surface area (Å²) in [5.74, 6) is 0.0423. The Morgan fingerprint density at radius 3 is 2.53 bits per heavy atom. The van der Waals surface area contributed by atoms with Crippen LogP contribution in [0.3, 0.4) is 0 Å². The molecular formula is C23H24F3N3O3. The zero-order valence-electron chi connectivity index (χ0n) is 17.7. The maximum absolute atomic E-state index is 13.0. The van der Waals surface area contributed by atoms with E-state index in [4.69, 9.17) is 4.74 Å². The van der Waals surface area contributed by atoms with Crippen molar-refractivity contribution in [3.63, 3.8) is 0 Å². The number of ether oxygens (including phenoxy) is 1. The topological polar surface area (TPSA) is 79.5 Å². The maximum atomic E-state index is 13.0. The van der Waals surface area contributed by atoms with E-state index < -0.39 is 29.7 Å². The Bertz CT molecular complexity index is 1020. The molecule has 0 aliphatic carbocycles. The van der Waals surface area contributed by atoms with Crippen LogP contribution in [0.5, 0.6) is 5.75 Å². The van der Waals surface area contributed by atoms with Crippen molar-refractivity contribution in [1.29, 1.82) is 0 Å². The molecule has 2 aromatic rings. The number of allylic oxidation sites excluding steroid dienone is 1. The first-order valence-corrected chi connectivity index (χ1v) is 10.2. The molecule has 0 saturated heterocycles. The third-order valence-corrected chi connectivity index (χ3v) is 4.94. The highest BCUT2D eigenvalue weighted by Crippen LogP contribution is 2.32. The minimum atomic E-state index is -4.53. The molecule has 1 heterocycles. The van der Waals surface area contributed by atoms with Crippen molar-refractivity contribution in [3.05, 3.63) is 70.9 Å². The van der Waals surface area contributed by atoms with Crippen LogP contribution in [0.1, 0.15) is 43.9 Å². The molecule has 9 heteroatoms. The van der Waals surface area contributed by atoms with Crippen LogP contribution in [0.4, 0.5) is 23.7 Å². The van der Waals surface area contributed by atoms with Crippen LogP contribution >= 0.6 is 0 Å². The van der Waals surface area contributed by atoms with Gasteiger partial charge in [0.2, 0.25) is 0 Å². The summed E-state index contributed by atoms with van der Waals surface area (Å²) >= 11 is 0. The van der Waals surface area contributed by atoms with Gasteiger partial charge < -0.3 is 20.7 Å². The fourth-order valence-electron chi connectivity index (χ4n) is 3.31. The largest absolute Gasteiger partial charge is 0.494 e. The third kappa shape index (κ3) is 5.60. The van der Waals surface area contributed by atoms with Gasteiger partial charge >= 0.3 is 12.2 Å². The summed E-state index contributed by atoms with van der Waals surface area (Å²) in [5.41, 5.74) is 0.274.